The minimum atomic E-state index is -0.319. The number of carbonyl (C=O) groups is 1. The monoisotopic (exact) mass is 315 g/mol. The zero-order chi connectivity index (χ0) is 15.5. The molecule has 0 radical (unpaired) electrons. The molecule has 0 saturated heterocycles. The molecule has 3 aromatic rings. The van der Waals surface area contributed by atoms with E-state index in [0.29, 0.717) is 22.1 Å². The van der Waals surface area contributed by atoms with E-state index in [9.17, 15) is 9.18 Å². The lowest BCUT2D eigenvalue weighted by atomic mass is 10.1. The Labute approximate surface area is 130 Å². The lowest BCUT2D eigenvalue weighted by Crippen LogP contribution is -2.12. The minimum absolute atomic E-state index is 0.314. The van der Waals surface area contributed by atoms with Crippen LogP contribution in [0.2, 0.25) is 5.02 Å². The van der Waals surface area contributed by atoms with Crippen molar-refractivity contribution in [3.63, 3.8) is 0 Å². The number of aromatic nitrogens is 2. The maximum atomic E-state index is 12.9. The summed E-state index contributed by atoms with van der Waals surface area (Å²) in [4.78, 5) is 12.1. The number of hydrogen-bond donors (Lipinski definition) is 2. The Morgan fingerprint density at radius 3 is 2.45 bits per heavy atom. The van der Waals surface area contributed by atoms with Gasteiger partial charge in [-0.3, -0.25) is 9.89 Å². The molecule has 0 atom stereocenters. The van der Waals surface area contributed by atoms with Crippen molar-refractivity contribution >= 4 is 23.2 Å². The number of carbonyl (C=O) groups excluding carboxylic acids is 1. The van der Waals surface area contributed by atoms with Gasteiger partial charge in [0.1, 0.15) is 11.5 Å². The Bertz CT molecular complexity index is 797. The lowest BCUT2D eigenvalue weighted by molar-refractivity contribution is 0.102. The highest BCUT2D eigenvalue weighted by molar-refractivity contribution is 6.30. The summed E-state index contributed by atoms with van der Waals surface area (Å²) in [5.41, 5.74) is 2.24. The highest BCUT2D eigenvalue weighted by Crippen LogP contribution is 2.19. The molecule has 2 N–H and O–H groups in total. The first-order chi connectivity index (χ1) is 10.6. The summed E-state index contributed by atoms with van der Waals surface area (Å²) in [6, 6.07) is 14.3. The molecule has 2 aromatic carbocycles. The summed E-state index contributed by atoms with van der Waals surface area (Å²) in [5, 5.41) is 10.1. The quantitative estimate of drug-likeness (QED) is 0.763. The number of benzene rings is 2. The Hall–Kier alpha value is -2.66. The van der Waals surface area contributed by atoms with Crippen molar-refractivity contribution < 1.29 is 9.18 Å². The van der Waals surface area contributed by atoms with E-state index in [1.165, 1.54) is 12.1 Å². The van der Waals surface area contributed by atoms with Crippen LogP contribution in [0.4, 0.5) is 10.1 Å². The van der Waals surface area contributed by atoms with Gasteiger partial charge in [-0.2, -0.15) is 5.10 Å². The molecule has 4 nitrogen and oxygen atoms in total. The Morgan fingerprint density at radius 2 is 1.77 bits per heavy atom. The number of nitrogens with one attached hydrogen (secondary N) is 2. The second-order valence-corrected chi connectivity index (χ2v) is 5.07. The number of rotatable bonds is 3. The van der Waals surface area contributed by atoms with Gasteiger partial charge in [-0.1, -0.05) is 11.6 Å². The summed E-state index contributed by atoms with van der Waals surface area (Å²) in [6.45, 7) is 0. The molecule has 22 heavy (non-hydrogen) atoms. The van der Waals surface area contributed by atoms with Gasteiger partial charge in [0.05, 0.1) is 5.69 Å². The normalized spacial score (nSPS) is 10.5. The van der Waals surface area contributed by atoms with E-state index in [4.69, 9.17) is 11.6 Å². The van der Waals surface area contributed by atoms with Crippen LogP contribution in [-0.2, 0) is 0 Å². The summed E-state index contributed by atoms with van der Waals surface area (Å²) in [5.74, 6) is -0.636. The fraction of sp³-hybridized carbons (Fsp3) is 0. The highest BCUT2D eigenvalue weighted by Gasteiger charge is 2.11. The standard InChI is InChI=1S/C16H11ClFN3O/c17-11-3-7-13(8-4-11)19-16(22)15-9-14(20-21-15)10-1-5-12(18)6-2-10/h1-9H,(H,19,22)(H,20,21). The fourth-order valence-corrected chi connectivity index (χ4v) is 2.06. The molecule has 1 aromatic heterocycles. The van der Waals surface area contributed by atoms with Gasteiger partial charge in [0.25, 0.3) is 5.91 Å². The third-order valence-corrected chi connectivity index (χ3v) is 3.32. The van der Waals surface area contributed by atoms with E-state index >= 15 is 0 Å². The molecule has 0 aliphatic rings. The van der Waals surface area contributed by atoms with Gasteiger partial charge < -0.3 is 5.32 Å². The topological polar surface area (TPSA) is 57.8 Å². The predicted octanol–water partition coefficient (Wildman–Crippen LogP) is 4.12. The van der Waals surface area contributed by atoms with Crippen LogP contribution in [0.15, 0.2) is 54.6 Å². The molecule has 6 heteroatoms. The van der Waals surface area contributed by atoms with Crippen molar-refractivity contribution in [2.75, 3.05) is 5.32 Å². The average molecular weight is 316 g/mol. The highest BCUT2D eigenvalue weighted by atomic mass is 35.5. The van der Waals surface area contributed by atoms with Crippen molar-refractivity contribution in [1.29, 1.82) is 0 Å². The van der Waals surface area contributed by atoms with Crippen molar-refractivity contribution in [2.45, 2.75) is 0 Å². The average Bonchev–Trinajstić information content (AvgIpc) is 3.00. The first-order valence-corrected chi connectivity index (χ1v) is 6.88. The molecule has 1 heterocycles. The van der Waals surface area contributed by atoms with Gasteiger partial charge in [0.15, 0.2) is 0 Å². The molecule has 0 bridgehead atoms. The second-order valence-electron chi connectivity index (χ2n) is 4.63. The van der Waals surface area contributed by atoms with E-state index in [0.717, 1.165) is 5.56 Å². The third kappa shape index (κ3) is 3.15. The number of halogens is 2. The van der Waals surface area contributed by atoms with Crippen LogP contribution < -0.4 is 5.32 Å². The molecule has 1 amide bonds. The Morgan fingerprint density at radius 1 is 1.09 bits per heavy atom. The van der Waals surface area contributed by atoms with E-state index in [2.05, 4.69) is 15.5 Å². The van der Waals surface area contributed by atoms with Crippen LogP contribution in [0, 0.1) is 5.82 Å². The molecule has 0 spiro atoms. The molecule has 0 aliphatic heterocycles. The van der Waals surface area contributed by atoms with Crippen molar-refractivity contribution in [1.82, 2.24) is 10.2 Å². The van der Waals surface area contributed by atoms with Gasteiger partial charge >= 0.3 is 0 Å². The third-order valence-electron chi connectivity index (χ3n) is 3.06. The van der Waals surface area contributed by atoms with Gasteiger partial charge in [-0.15, -0.1) is 0 Å². The van der Waals surface area contributed by atoms with Crippen molar-refractivity contribution in [3.05, 3.63) is 71.1 Å². The van der Waals surface area contributed by atoms with Crippen molar-refractivity contribution in [3.8, 4) is 11.3 Å². The number of nitrogens with zero attached hydrogens (tertiary/aromatic N) is 1. The number of anilines is 1. The van der Waals surface area contributed by atoms with Crippen LogP contribution in [0.25, 0.3) is 11.3 Å². The Balaban J connectivity index is 1.76. The minimum Gasteiger partial charge on any atom is -0.321 e. The number of hydrogen-bond acceptors (Lipinski definition) is 2. The van der Waals surface area contributed by atoms with Gasteiger partial charge in [0.2, 0.25) is 0 Å². The van der Waals surface area contributed by atoms with E-state index in [1.807, 2.05) is 0 Å². The predicted molar refractivity (Wildman–Crippen MR) is 83.4 cm³/mol. The summed E-state index contributed by atoms with van der Waals surface area (Å²) in [7, 11) is 0. The van der Waals surface area contributed by atoms with Crippen LogP contribution in [0.5, 0.6) is 0 Å². The molecule has 0 aliphatic carbocycles. The summed E-state index contributed by atoms with van der Waals surface area (Å²) in [6.07, 6.45) is 0. The maximum Gasteiger partial charge on any atom is 0.273 e. The van der Waals surface area contributed by atoms with Crippen LogP contribution >= 0.6 is 11.6 Å². The molecule has 0 unspecified atom stereocenters. The first kappa shape index (κ1) is 14.3. The van der Waals surface area contributed by atoms with Crippen LogP contribution in [0.1, 0.15) is 10.5 Å². The number of H-pyrrole nitrogens is 1. The fourth-order valence-electron chi connectivity index (χ4n) is 1.94. The van der Waals surface area contributed by atoms with E-state index in [1.54, 1.807) is 42.5 Å². The molecule has 0 fully saturated rings. The van der Waals surface area contributed by atoms with E-state index in [-0.39, 0.29) is 11.7 Å². The zero-order valence-electron chi connectivity index (χ0n) is 11.3. The van der Waals surface area contributed by atoms with Crippen molar-refractivity contribution in [2.24, 2.45) is 0 Å². The molecule has 3 rings (SSSR count). The largest absolute Gasteiger partial charge is 0.321 e. The van der Waals surface area contributed by atoms with Gasteiger partial charge in [0, 0.05) is 16.3 Å². The van der Waals surface area contributed by atoms with E-state index < -0.39 is 0 Å². The smallest absolute Gasteiger partial charge is 0.273 e. The maximum absolute atomic E-state index is 12.9. The molecular weight excluding hydrogens is 305 g/mol. The number of amides is 1. The lowest BCUT2D eigenvalue weighted by Gasteiger charge is -2.02. The van der Waals surface area contributed by atoms with Crippen LogP contribution in [-0.4, -0.2) is 16.1 Å². The van der Waals surface area contributed by atoms with Crippen LogP contribution in [0.3, 0.4) is 0 Å². The SMILES string of the molecule is O=C(Nc1ccc(Cl)cc1)c1cc(-c2ccc(F)cc2)n[nH]1. The molecule has 110 valence electrons. The Kier molecular flexibility index (Phi) is 3.89. The zero-order valence-corrected chi connectivity index (χ0v) is 12.1. The summed E-state index contributed by atoms with van der Waals surface area (Å²) < 4.78 is 12.9. The summed E-state index contributed by atoms with van der Waals surface area (Å²) >= 11 is 5.79. The molecular formula is C16H11ClFN3O. The second kappa shape index (κ2) is 5.99. The van der Waals surface area contributed by atoms with Gasteiger partial charge in [-0.25, -0.2) is 4.39 Å². The molecule has 0 saturated carbocycles. The number of aromatic amines is 1. The van der Waals surface area contributed by atoms with Gasteiger partial charge in [-0.05, 0) is 54.6 Å². The first-order valence-electron chi connectivity index (χ1n) is 6.50.